The summed E-state index contributed by atoms with van der Waals surface area (Å²) < 4.78 is 5.19. The molecule has 0 spiro atoms. The normalized spacial score (nSPS) is 20.7. The second-order valence-corrected chi connectivity index (χ2v) is 5.90. The van der Waals surface area contributed by atoms with Crippen LogP contribution in [0.25, 0.3) is 0 Å². The van der Waals surface area contributed by atoms with E-state index in [0.29, 0.717) is 0 Å². The van der Waals surface area contributed by atoms with Gasteiger partial charge in [-0.05, 0) is 61.3 Å². The van der Waals surface area contributed by atoms with Gasteiger partial charge in [0.25, 0.3) is 0 Å². The monoisotopic (exact) mass is 266 g/mol. The minimum atomic E-state index is 0.800. The summed E-state index contributed by atoms with van der Waals surface area (Å²) >= 11 is 0. The van der Waals surface area contributed by atoms with Crippen molar-refractivity contribution in [1.29, 1.82) is 0 Å². The van der Waals surface area contributed by atoms with E-state index in [1.165, 1.54) is 36.0 Å². The first-order valence-corrected chi connectivity index (χ1v) is 7.46. The molecule has 1 fully saturated rings. The zero-order valence-electron chi connectivity index (χ0n) is 12.3. The maximum Gasteiger partial charge on any atom is 0.118 e. The van der Waals surface area contributed by atoms with E-state index >= 15 is 0 Å². The summed E-state index contributed by atoms with van der Waals surface area (Å²) in [6, 6.07) is 17.5. The van der Waals surface area contributed by atoms with E-state index in [0.717, 1.165) is 17.6 Å². The zero-order chi connectivity index (χ0) is 13.9. The number of hydrogen-bond donors (Lipinski definition) is 0. The Morgan fingerprint density at radius 2 is 1.70 bits per heavy atom. The maximum absolute atomic E-state index is 5.19. The highest BCUT2D eigenvalue weighted by atomic mass is 16.5. The third-order valence-corrected chi connectivity index (χ3v) is 4.39. The molecule has 1 heteroatoms. The fourth-order valence-corrected chi connectivity index (χ4v) is 2.93. The molecule has 0 aliphatic heterocycles. The fraction of sp³-hybridized carbons (Fsp3) is 0.368. The largest absolute Gasteiger partial charge is 0.497 e. The third kappa shape index (κ3) is 3.04. The van der Waals surface area contributed by atoms with Crippen molar-refractivity contribution in [3.63, 3.8) is 0 Å². The second kappa shape index (κ2) is 5.70. The smallest absolute Gasteiger partial charge is 0.118 e. The maximum atomic E-state index is 5.19. The van der Waals surface area contributed by atoms with Crippen molar-refractivity contribution in [3.8, 4) is 5.75 Å². The molecule has 0 saturated heterocycles. The molecule has 1 aliphatic carbocycles. The minimum Gasteiger partial charge on any atom is -0.497 e. The van der Waals surface area contributed by atoms with E-state index in [-0.39, 0.29) is 0 Å². The van der Waals surface area contributed by atoms with Crippen LogP contribution in [0.4, 0.5) is 0 Å². The van der Waals surface area contributed by atoms with Crippen LogP contribution in [0, 0.1) is 12.8 Å². The summed E-state index contributed by atoms with van der Waals surface area (Å²) in [5, 5.41) is 0. The molecular formula is C19H22O. The summed E-state index contributed by atoms with van der Waals surface area (Å²) in [5.74, 6) is 2.62. The van der Waals surface area contributed by atoms with E-state index in [9.17, 15) is 0 Å². The number of benzene rings is 2. The fourth-order valence-electron chi connectivity index (χ4n) is 2.93. The van der Waals surface area contributed by atoms with Gasteiger partial charge in [0.05, 0.1) is 7.11 Å². The highest BCUT2D eigenvalue weighted by molar-refractivity contribution is 5.30. The molecule has 0 radical (unpaired) electrons. The predicted molar refractivity (Wildman–Crippen MR) is 83.3 cm³/mol. The van der Waals surface area contributed by atoms with Crippen molar-refractivity contribution < 1.29 is 4.74 Å². The van der Waals surface area contributed by atoms with Gasteiger partial charge in [0.15, 0.2) is 0 Å². The highest BCUT2D eigenvalue weighted by Crippen LogP contribution is 2.50. The molecule has 1 aliphatic rings. The molecule has 0 aromatic heterocycles. The number of methoxy groups -OCH3 is 1. The Labute approximate surface area is 121 Å². The Bertz CT molecular complexity index is 553. The lowest BCUT2D eigenvalue weighted by Gasteiger charge is -2.04. The molecule has 2 aromatic carbocycles. The molecule has 0 amide bonds. The number of ether oxygens (including phenoxy) is 1. The first-order valence-electron chi connectivity index (χ1n) is 7.46. The van der Waals surface area contributed by atoms with Gasteiger partial charge in [-0.3, -0.25) is 0 Å². The lowest BCUT2D eigenvalue weighted by atomic mass is 10.0. The van der Waals surface area contributed by atoms with Gasteiger partial charge >= 0.3 is 0 Å². The molecule has 0 N–H and O–H groups in total. The Morgan fingerprint density at radius 1 is 1.00 bits per heavy atom. The van der Waals surface area contributed by atoms with Gasteiger partial charge in [-0.25, -0.2) is 0 Å². The summed E-state index contributed by atoms with van der Waals surface area (Å²) in [5.41, 5.74) is 4.29. The molecule has 20 heavy (non-hydrogen) atoms. The molecule has 0 heterocycles. The summed E-state index contributed by atoms with van der Waals surface area (Å²) in [6.45, 7) is 2.15. The quantitative estimate of drug-likeness (QED) is 0.759. The van der Waals surface area contributed by atoms with Crippen LogP contribution in [0.2, 0.25) is 0 Å². The molecule has 104 valence electrons. The van der Waals surface area contributed by atoms with E-state index in [1.807, 2.05) is 0 Å². The van der Waals surface area contributed by atoms with Gasteiger partial charge in [-0.2, -0.15) is 0 Å². The van der Waals surface area contributed by atoms with Crippen LogP contribution >= 0.6 is 0 Å². The molecule has 3 rings (SSSR count). The standard InChI is InChI=1S/C19H22O/c1-14-3-8-16(9-4-14)19-13-17(19)10-5-15-6-11-18(20-2)12-7-15/h3-4,6-9,11-12,17,19H,5,10,13H2,1-2H3. The third-order valence-electron chi connectivity index (χ3n) is 4.39. The van der Waals surface area contributed by atoms with Crippen LogP contribution in [-0.2, 0) is 6.42 Å². The van der Waals surface area contributed by atoms with Gasteiger partial charge in [-0.1, -0.05) is 42.0 Å². The topological polar surface area (TPSA) is 9.23 Å². The first kappa shape index (κ1) is 13.2. The van der Waals surface area contributed by atoms with E-state index in [1.54, 1.807) is 7.11 Å². The zero-order valence-corrected chi connectivity index (χ0v) is 12.3. The molecule has 1 nitrogen and oxygen atoms in total. The van der Waals surface area contributed by atoms with Gasteiger partial charge in [0.1, 0.15) is 5.75 Å². The molecule has 1 saturated carbocycles. The molecule has 2 atom stereocenters. The number of hydrogen-bond acceptors (Lipinski definition) is 1. The van der Waals surface area contributed by atoms with E-state index in [4.69, 9.17) is 4.74 Å². The summed E-state index contributed by atoms with van der Waals surface area (Å²) in [4.78, 5) is 0. The Balaban J connectivity index is 1.51. The Morgan fingerprint density at radius 3 is 2.35 bits per heavy atom. The first-order chi connectivity index (χ1) is 9.76. The van der Waals surface area contributed by atoms with Crippen LogP contribution in [0.1, 0.15) is 35.4 Å². The molecule has 0 bridgehead atoms. The lowest BCUT2D eigenvalue weighted by Crippen LogP contribution is -1.90. The average Bonchev–Trinajstić information content (AvgIpc) is 3.26. The van der Waals surface area contributed by atoms with Crippen molar-refractivity contribution in [2.45, 2.75) is 32.1 Å². The van der Waals surface area contributed by atoms with Gasteiger partial charge in [0, 0.05) is 0 Å². The number of aryl methyl sites for hydroxylation is 2. The van der Waals surface area contributed by atoms with Crippen molar-refractivity contribution in [3.05, 3.63) is 65.2 Å². The molecule has 2 aromatic rings. The highest BCUT2D eigenvalue weighted by Gasteiger charge is 2.37. The molecule has 2 unspecified atom stereocenters. The van der Waals surface area contributed by atoms with E-state index < -0.39 is 0 Å². The van der Waals surface area contributed by atoms with Gasteiger partial charge in [0.2, 0.25) is 0 Å². The minimum absolute atomic E-state index is 0.800. The van der Waals surface area contributed by atoms with Crippen LogP contribution in [0.3, 0.4) is 0 Å². The SMILES string of the molecule is COc1ccc(CCC2CC2c2ccc(C)cc2)cc1. The predicted octanol–water partition coefficient (Wildman–Crippen LogP) is 4.74. The van der Waals surface area contributed by atoms with Crippen LogP contribution in [-0.4, -0.2) is 7.11 Å². The van der Waals surface area contributed by atoms with Crippen LogP contribution in [0.5, 0.6) is 5.75 Å². The van der Waals surface area contributed by atoms with Crippen molar-refractivity contribution in [2.24, 2.45) is 5.92 Å². The summed E-state index contributed by atoms with van der Waals surface area (Å²) in [6.07, 6.45) is 3.83. The van der Waals surface area contributed by atoms with Crippen molar-refractivity contribution in [1.82, 2.24) is 0 Å². The van der Waals surface area contributed by atoms with E-state index in [2.05, 4.69) is 55.5 Å². The molecular weight excluding hydrogens is 244 g/mol. The number of rotatable bonds is 5. The van der Waals surface area contributed by atoms with Crippen molar-refractivity contribution >= 4 is 0 Å². The van der Waals surface area contributed by atoms with Gasteiger partial charge < -0.3 is 4.74 Å². The second-order valence-electron chi connectivity index (χ2n) is 5.90. The van der Waals surface area contributed by atoms with Crippen LogP contribution in [0.15, 0.2) is 48.5 Å². The lowest BCUT2D eigenvalue weighted by molar-refractivity contribution is 0.414. The van der Waals surface area contributed by atoms with Crippen LogP contribution < -0.4 is 4.74 Å². The Hall–Kier alpha value is -1.76. The van der Waals surface area contributed by atoms with Gasteiger partial charge in [-0.15, -0.1) is 0 Å². The average molecular weight is 266 g/mol. The Kier molecular flexibility index (Phi) is 3.77. The van der Waals surface area contributed by atoms with Crippen molar-refractivity contribution in [2.75, 3.05) is 7.11 Å². The summed E-state index contributed by atoms with van der Waals surface area (Å²) in [7, 11) is 1.71.